The fraction of sp³-hybridized carbons (Fsp3) is 0.0625. The van der Waals surface area contributed by atoms with Crippen LogP contribution in [0.1, 0.15) is 10.4 Å². The summed E-state index contributed by atoms with van der Waals surface area (Å²) in [4.78, 5) is 13.2. The summed E-state index contributed by atoms with van der Waals surface area (Å²) < 4.78 is 2.55. The third-order valence-corrected chi connectivity index (χ3v) is 4.75. The molecule has 24 heavy (non-hydrogen) atoms. The molecular formula is C16H13BrN4O2S. The van der Waals surface area contributed by atoms with E-state index >= 15 is 0 Å². The first-order valence-corrected chi connectivity index (χ1v) is 8.55. The maximum absolute atomic E-state index is 12.3. The number of benzene rings is 2. The lowest BCUT2D eigenvalue weighted by molar-refractivity contribution is 0.102. The summed E-state index contributed by atoms with van der Waals surface area (Å²) in [5.74, 6) is -0.437. The van der Waals surface area contributed by atoms with Crippen LogP contribution in [0.5, 0.6) is 5.75 Å². The first-order valence-electron chi connectivity index (χ1n) is 6.95. The van der Waals surface area contributed by atoms with Gasteiger partial charge in [-0.25, -0.2) is 0 Å². The zero-order valence-electron chi connectivity index (χ0n) is 12.6. The number of carbonyl (C=O) groups is 1. The molecule has 8 heteroatoms. The number of nitrogens with zero attached hydrogens (tertiary/aromatic N) is 3. The van der Waals surface area contributed by atoms with E-state index in [2.05, 4.69) is 31.4 Å². The quantitative estimate of drug-likeness (QED) is 0.692. The SMILES string of the molecule is Cn1cnnc1Sc1ccc(NC(=O)c2cc(Br)ccc2O)cc1. The van der Waals surface area contributed by atoms with E-state index in [-0.39, 0.29) is 17.2 Å². The molecule has 0 bridgehead atoms. The van der Waals surface area contributed by atoms with E-state index < -0.39 is 0 Å². The highest BCUT2D eigenvalue weighted by atomic mass is 79.9. The number of phenols is 1. The molecule has 0 saturated heterocycles. The number of carbonyl (C=O) groups excluding carboxylic acids is 1. The molecule has 3 rings (SSSR count). The number of phenolic OH excluding ortho intramolecular Hbond substituents is 1. The topological polar surface area (TPSA) is 80.0 Å². The van der Waals surface area contributed by atoms with E-state index in [9.17, 15) is 9.90 Å². The number of amides is 1. The predicted octanol–water partition coefficient (Wildman–Crippen LogP) is 3.69. The second-order valence-corrected chi connectivity index (χ2v) is 6.92. The second kappa shape index (κ2) is 7.06. The van der Waals surface area contributed by atoms with E-state index in [1.165, 1.54) is 17.8 Å². The van der Waals surface area contributed by atoms with Gasteiger partial charge in [0, 0.05) is 22.1 Å². The summed E-state index contributed by atoms with van der Waals surface area (Å²) in [6, 6.07) is 12.1. The van der Waals surface area contributed by atoms with Crippen molar-refractivity contribution in [2.24, 2.45) is 7.05 Å². The number of hydrogen-bond donors (Lipinski definition) is 2. The van der Waals surface area contributed by atoms with Crippen LogP contribution in [0, 0.1) is 0 Å². The van der Waals surface area contributed by atoms with Crippen molar-refractivity contribution in [3.8, 4) is 5.75 Å². The van der Waals surface area contributed by atoms with Crippen LogP contribution in [0.4, 0.5) is 5.69 Å². The number of aromatic hydroxyl groups is 1. The van der Waals surface area contributed by atoms with Gasteiger partial charge >= 0.3 is 0 Å². The van der Waals surface area contributed by atoms with Gasteiger partial charge < -0.3 is 15.0 Å². The minimum Gasteiger partial charge on any atom is -0.507 e. The standard InChI is InChI=1S/C16H13BrN4O2S/c1-21-9-18-20-16(21)24-12-5-3-11(4-6-12)19-15(23)13-8-10(17)2-7-14(13)22/h2-9,22H,1H3,(H,19,23). The fourth-order valence-electron chi connectivity index (χ4n) is 1.97. The van der Waals surface area contributed by atoms with Gasteiger partial charge in [-0.3, -0.25) is 4.79 Å². The number of halogens is 1. The second-order valence-electron chi connectivity index (χ2n) is 4.97. The zero-order chi connectivity index (χ0) is 17.1. The fourth-order valence-corrected chi connectivity index (χ4v) is 3.09. The molecule has 0 saturated carbocycles. The Labute approximate surface area is 151 Å². The van der Waals surface area contributed by atoms with Crippen LogP contribution in [0.25, 0.3) is 0 Å². The average molecular weight is 405 g/mol. The largest absolute Gasteiger partial charge is 0.507 e. The van der Waals surface area contributed by atoms with Gasteiger partial charge in [-0.05, 0) is 54.2 Å². The van der Waals surface area contributed by atoms with Gasteiger partial charge in [0.2, 0.25) is 0 Å². The van der Waals surface area contributed by atoms with E-state index in [1.54, 1.807) is 30.6 Å². The maximum Gasteiger partial charge on any atom is 0.259 e. The first kappa shape index (κ1) is 16.5. The number of aromatic nitrogens is 3. The van der Waals surface area contributed by atoms with Gasteiger partial charge in [0.15, 0.2) is 5.16 Å². The van der Waals surface area contributed by atoms with Crippen LogP contribution in [0.15, 0.2) is 63.3 Å². The Hall–Kier alpha value is -2.32. The van der Waals surface area contributed by atoms with Crippen molar-refractivity contribution in [3.05, 3.63) is 58.8 Å². The van der Waals surface area contributed by atoms with Crippen molar-refractivity contribution in [2.45, 2.75) is 10.1 Å². The van der Waals surface area contributed by atoms with Crippen LogP contribution < -0.4 is 5.32 Å². The summed E-state index contributed by atoms with van der Waals surface area (Å²) in [5.41, 5.74) is 0.851. The highest BCUT2D eigenvalue weighted by Crippen LogP contribution is 2.27. The Morgan fingerprint density at radius 2 is 2.00 bits per heavy atom. The molecule has 0 spiro atoms. The molecule has 6 nitrogen and oxygen atoms in total. The Bertz CT molecular complexity index is 880. The van der Waals surface area contributed by atoms with Crippen molar-refractivity contribution in [1.29, 1.82) is 0 Å². The molecule has 1 amide bonds. The summed E-state index contributed by atoms with van der Waals surface area (Å²) in [6.07, 6.45) is 1.64. The summed E-state index contributed by atoms with van der Waals surface area (Å²) in [6.45, 7) is 0. The maximum atomic E-state index is 12.3. The first-order chi connectivity index (χ1) is 11.5. The van der Waals surface area contributed by atoms with Crippen LogP contribution in [0.2, 0.25) is 0 Å². The number of nitrogens with one attached hydrogen (secondary N) is 1. The summed E-state index contributed by atoms with van der Waals surface area (Å²) >= 11 is 4.77. The molecule has 1 heterocycles. The van der Waals surface area contributed by atoms with Gasteiger partial charge in [0.1, 0.15) is 12.1 Å². The van der Waals surface area contributed by atoms with E-state index in [4.69, 9.17) is 0 Å². The van der Waals surface area contributed by atoms with Crippen molar-refractivity contribution in [2.75, 3.05) is 5.32 Å². The molecule has 0 atom stereocenters. The molecule has 122 valence electrons. The van der Waals surface area contributed by atoms with Crippen LogP contribution in [-0.4, -0.2) is 25.8 Å². The lowest BCUT2D eigenvalue weighted by atomic mass is 10.2. The minimum atomic E-state index is -0.373. The lowest BCUT2D eigenvalue weighted by Gasteiger charge is -2.08. The highest BCUT2D eigenvalue weighted by Gasteiger charge is 2.12. The van der Waals surface area contributed by atoms with E-state index in [0.29, 0.717) is 5.69 Å². The molecule has 2 aromatic carbocycles. The molecule has 2 N–H and O–H groups in total. The Kier molecular flexibility index (Phi) is 4.86. The number of rotatable bonds is 4. The Balaban J connectivity index is 1.71. The third kappa shape index (κ3) is 3.77. The normalized spacial score (nSPS) is 10.6. The number of aryl methyl sites for hydroxylation is 1. The van der Waals surface area contributed by atoms with Crippen molar-refractivity contribution in [1.82, 2.24) is 14.8 Å². The van der Waals surface area contributed by atoms with Gasteiger partial charge in [-0.2, -0.15) is 0 Å². The summed E-state index contributed by atoms with van der Waals surface area (Å²) in [5, 5.41) is 21.2. The van der Waals surface area contributed by atoms with Crippen LogP contribution >= 0.6 is 27.7 Å². The van der Waals surface area contributed by atoms with Gasteiger partial charge in [0.05, 0.1) is 5.56 Å². The van der Waals surface area contributed by atoms with E-state index in [0.717, 1.165) is 14.5 Å². The molecule has 0 radical (unpaired) electrons. The lowest BCUT2D eigenvalue weighted by Crippen LogP contribution is -2.12. The average Bonchev–Trinajstić information content (AvgIpc) is 2.96. The van der Waals surface area contributed by atoms with Crippen molar-refractivity contribution >= 4 is 39.3 Å². The molecule has 0 aliphatic heterocycles. The molecule has 0 unspecified atom stereocenters. The molecule has 3 aromatic rings. The van der Waals surface area contributed by atoms with Crippen LogP contribution in [-0.2, 0) is 7.05 Å². The zero-order valence-corrected chi connectivity index (χ0v) is 15.0. The predicted molar refractivity (Wildman–Crippen MR) is 95.3 cm³/mol. The minimum absolute atomic E-state index is 0.0647. The van der Waals surface area contributed by atoms with Crippen molar-refractivity contribution < 1.29 is 9.90 Å². The van der Waals surface area contributed by atoms with Gasteiger partial charge in [0.25, 0.3) is 5.91 Å². The van der Waals surface area contributed by atoms with Crippen LogP contribution in [0.3, 0.4) is 0 Å². The molecule has 0 fully saturated rings. The monoisotopic (exact) mass is 404 g/mol. The Morgan fingerprint density at radius 3 is 2.67 bits per heavy atom. The van der Waals surface area contributed by atoms with Gasteiger partial charge in [-0.15, -0.1) is 10.2 Å². The van der Waals surface area contributed by atoms with E-state index in [1.807, 2.05) is 23.7 Å². The third-order valence-electron chi connectivity index (χ3n) is 3.19. The Morgan fingerprint density at radius 1 is 1.25 bits per heavy atom. The number of hydrogen-bond acceptors (Lipinski definition) is 5. The molecule has 0 aliphatic carbocycles. The summed E-state index contributed by atoms with van der Waals surface area (Å²) in [7, 11) is 1.88. The number of anilines is 1. The van der Waals surface area contributed by atoms with Crippen molar-refractivity contribution in [3.63, 3.8) is 0 Å². The molecular weight excluding hydrogens is 392 g/mol. The van der Waals surface area contributed by atoms with Gasteiger partial charge in [-0.1, -0.05) is 15.9 Å². The smallest absolute Gasteiger partial charge is 0.259 e. The molecule has 0 aliphatic rings. The molecule has 1 aromatic heterocycles. The highest BCUT2D eigenvalue weighted by molar-refractivity contribution is 9.10.